The molecule has 0 radical (unpaired) electrons. The lowest BCUT2D eigenvalue weighted by atomic mass is 9.46. The van der Waals surface area contributed by atoms with E-state index in [0.29, 0.717) is 29.4 Å². The lowest BCUT2D eigenvalue weighted by Crippen LogP contribution is -2.72. The van der Waals surface area contributed by atoms with Crippen molar-refractivity contribution in [3.05, 3.63) is 0 Å². The maximum atomic E-state index is 6.01. The SMILES string of the molecule is CCNC(=NCC1CCOC1)NC1C2CCOC2C12CCC2.I. The van der Waals surface area contributed by atoms with Crippen LogP contribution in [0.1, 0.15) is 39.0 Å². The van der Waals surface area contributed by atoms with E-state index in [0.717, 1.165) is 45.3 Å². The van der Waals surface area contributed by atoms with Crippen LogP contribution < -0.4 is 10.6 Å². The highest BCUT2D eigenvalue weighted by Crippen LogP contribution is 2.62. The van der Waals surface area contributed by atoms with Gasteiger partial charge in [-0.05, 0) is 32.6 Å². The molecular weight excluding hydrogens is 405 g/mol. The first kappa shape index (κ1) is 17.7. The van der Waals surface area contributed by atoms with Crippen molar-refractivity contribution in [1.82, 2.24) is 10.6 Å². The fraction of sp³-hybridized carbons (Fsp3) is 0.941. The second-order valence-corrected chi connectivity index (χ2v) is 7.40. The Bertz CT molecular complexity index is 436. The van der Waals surface area contributed by atoms with Crippen LogP contribution in [-0.2, 0) is 9.47 Å². The standard InChI is InChI=1S/C17H29N3O2.HI/c1-2-18-16(19-10-12-4-8-21-11-12)20-14-13-5-9-22-15(13)17(14)6-3-7-17;/h12-15H,2-11H2,1H3,(H2,18,19,20);1H. The van der Waals surface area contributed by atoms with Gasteiger partial charge in [-0.2, -0.15) is 0 Å². The number of rotatable bonds is 4. The topological polar surface area (TPSA) is 54.9 Å². The minimum atomic E-state index is 0. The molecule has 2 saturated carbocycles. The highest BCUT2D eigenvalue weighted by atomic mass is 127. The van der Waals surface area contributed by atoms with Crippen LogP contribution in [0.5, 0.6) is 0 Å². The Morgan fingerprint density at radius 3 is 2.78 bits per heavy atom. The van der Waals surface area contributed by atoms with Crippen LogP contribution in [0.2, 0.25) is 0 Å². The average Bonchev–Trinajstić information content (AvgIpc) is 3.10. The van der Waals surface area contributed by atoms with Gasteiger partial charge in [0, 0.05) is 49.6 Å². The first-order valence-corrected chi connectivity index (χ1v) is 9.08. The first-order valence-electron chi connectivity index (χ1n) is 9.08. The molecule has 0 aromatic rings. The summed E-state index contributed by atoms with van der Waals surface area (Å²) in [6, 6.07) is 0.561. The summed E-state index contributed by atoms with van der Waals surface area (Å²) in [4.78, 5) is 4.83. The van der Waals surface area contributed by atoms with Gasteiger partial charge >= 0.3 is 0 Å². The zero-order valence-electron chi connectivity index (χ0n) is 14.1. The first-order chi connectivity index (χ1) is 10.8. The third-order valence-electron chi connectivity index (χ3n) is 6.20. The molecular formula is C17H30IN3O2. The van der Waals surface area contributed by atoms with Crippen molar-refractivity contribution in [2.45, 2.75) is 51.2 Å². The number of ether oxygens (including phenoxy) is 2. The Balaban J connectivity index is 0.00000156. The zero-order chi connectivity index (χ0) is 15.0. The fourth-order valence-corrected chi connectivity index (χ4v) is 4.87. The number of aliphatic imine (C=N–C) groups is 1. The molecule has 2 N–H and O–H groups in total. The zero-order valence-corrected chi connectivity index (χ0v) is 16.4. The van der Waals surface area contributed by atoms with E-state index in [2.05, 4.69) is 17.6 Å². The van der Waals surface area contributed by atoms with Gasteiger partial charge in [0.05, 0.1) is 12.7 Å². The summed E-state index contributed by atoms with van der Waals surface area (Å²) in [5.41, 5.74) is 0.411. The van der Waals surface area contributed by atoms with E-state index in [9.17, 15) is 0 Å². The van der Waals surface area contributed by atoms with Gasteiger partial charge in [0.2, 0.25) is 0 Å². The number of halogens is 1. The minimum absolute atomic E-state index is 0. The molecule has 0 aromatic heterocycles. The monoisotopic (exact) mass is 435 g/mol. The van der Waals surface area contributed by atoms with E-state index in [4.69, 9.17) is 14.5 Å². The van der Waals surface area contributed by atoms with Crippen molar-refractivity contribution in [3.63, 3.8) is 0 Å². The lowest BCUT2D eigenvalue weighted by molar-refractivity contribution is -0.171. The molecule has 4 unspecified atom stereocenters. The normalized spacial score (nSPS) is 37.5. The summed E-state index contributed by atoms with van der Waals surface area (Å²) in [6.07, 6.45) is 6.88. The van der Waals surface area contributed by atoms with Gasteiger partial charge in [-0.15, -0.1) is 24.0 Å². The van der Waals surface area contributed by atoms with E-state index < -0.39 is 0 Å². The van der Waals surface area contributed by atoms with E-state index in [1.807, 2.05) is 0 Å². The summed E-state index contributed by atoms with van der Waals surface area (Å²) >= 11 is 0. The second kappa shape index (κ2) is 7.44. The molecule has 2 saturated heterocycles. The molecule has 0 amide bonds. The van der Waals surface area contributed by atoms with Crippen molar-refractivity contribution >= 4 is 29.9 Å². The number of nitrogens with zero attached hydrogens (tertiary/aromatic N) is 1. The molecule has 4 atom stereocenters. The van der Waals surface area contributed by atoms with Crippen molar-refractivity contribution in [3.8, 4) is 0 Å². The summed E-state index contributed by atoms with van der Waals surface area (Å²) in [6.45, 7) is 6.64. The van der Waals surface area contributed by atoms with Crippen LogP contribution in [0.15, 0.2) is 4.99 Å². The molecule has 23 heavy (non-hydrogen) atoms. The Morgan fingerprint density at radius 2 is 2.13 bits per heavy atom. The third kappa shape index (κ3) is 3.11. The van der Waals surface area contributed by atoms with Crippen molar-refractivity contribution in [2.24, 2.45) is 22.2 Å². The fourth-order valence-electron chi connectivity index (χ4n) is 4.87. The van der Waals surface area contributed by atoms with Gasteiger partial charge in [-0.3, -0.25) is 4.99 Å². The number of hydrogen-bond donors (Lipinski definition) is 2. The molecule has 5 nitrogen and oxygen atoms in total. The van der Waals surface area contributed by atoms with Crippen molar-refractivity contribution in [1.29, 1.82) is 0 Å². The van der Waals surface area contributed by atoms with Crippen molar-refractivity contribution in [2.75, 3.05) is 32.9 Å². The van der Waals surface area contributed by atoms with Gasteiger partial charge in [0.25, 0.3) is 0 Å². The van der Waals surface area contributed by atoms with Gasteiger partial charge in [0.1, 0.15) is 0 Å². The van der Waals surface area contributed by atoms with Crippen LogP contribution in [0.25, 0.3) is 0 Å². The summed E-state index contributed by atoms with van der Waals surface area (Å²) < 4.78 is 11.5. The van der Waals surface area contributed by atoms with Gasteiger partial charge < -0.3 is 20.1 Å². The molecule has 0 aromatic carbocycles. The Hall–Kier alpha value is -0.0800. The lowest BCUT2D eigenvalue weighted by Gasteiger charge is -2.63. The molecule has 2 heterocycles. The largest absolute Gasteiger partial charge is 0.381 e. The van der Waals surface area contributed by atoms with Gasteiger partial charge in [-0.25, -0.2) is 0 Å². The summed E-state index contributed by atoms with van der Waals surface area (Å²) in [5, 5.41) is 7.19. The maximum Gasteiger partial charge on any atom is 0.191 e. The number of guanidine groups is 1. The van der Waals surface area contributed by atoms with Gasteiger partial charge in [-0.1, -0.05) is 6.42 Å². The third-order valence-corrected chi connectivity index (χ3v) is 6.20. The number of nitrogens with one attached hydrogen (secondary N) is 2. The number of hydrogen-bond acceptors (Lipinski definition) is 3. The molecule has 1 spiro atoms. The Kier molecular flexibility index (Phi) is 5.73. The quantitative estimate of drug-likeness (QED) is 0.404. The molecule has 0 bridgehead atoms. The molecule has 2 aliphatic heterocycles. The predicted octanol–water partition coefficient (Wildman–Crippen LogP) is 2.15. The van der Waals surface area contributed by atoms with Crippen LogP contribution in [-0.4, -0.2) is 51.0 Å². The van der Waals surface area contributed by atoms with Crippen molar-refractivity contribution < 1.29 is 9.47 Å². The van der Waals surface area contributed by atoms with E-state index in [1.165, 1.54) is 25.7 Å². The van der Waals surface area contributed by atoms with E-state index in [1.54, 1.807) is 0 Å². The van der Waals surface area contributed by atoms with Gasteiger partial charge in [0.15, 0.2) is 5.96 Å². The Morgan fingerprint density at radius 1 is 1.26 bits per heavy atom. The molecule has 4 aliphatic rings. The molecule has 6 heteroatoms. The van der Waals surface area contributed by atoms with E-state index in [-0.39, 0.29) is 24.0 Å². The highest BCUT2D eigenvalue weighted by Gasteiger charge is 2.66. The average molecular weight is 435 g/mol. The highest BCUT2D eigenvalue weighted by molar-refractivity contribution is 14.0. The smallest absolute Gasteiger partial charge is 0.191 e. The number of fused-ring (bicyclic) bond motifs is 2. The minimum Gasteiger partial charge on any atom is -0.381 e. The van der Waals surface area contributed by atoms with Crippen LogP contribution in [0.4, 0.5) is 0 Å². The van der Waals surface area contributed by atoms with Crippen LogP contribution in [0, 0.1) is 17.3 Å². The van der Waals surface area contributed by atoms with Crippen LogP contribution in [0.3, 0.4) is 0 Å². The Labute approximate surface area is 156 Å². The molecule has 4 rings (SSSR count). The van der Waals surface area contributed by atoms with E-state index >= 15 is 0 Å². The summed E-state index contributed by atoms with van der Waals surface area (Å²) in [5.74, 6) is 2.28. The summed E-state index contributed by atoms with van der Waals surface area (Å²) in [7, 11) is 0. The maximum absolute atomic E-state index is 6.01. The molecule has 4 fully saturated rings. The predicted molar refractivity (Wildman–Crippen MR) is 101 cm³/mol. The second-order valence-electron chi connectivity index (χ2n) is 7.40. The molecule has 132 valence electrons. The molecule has 2 aliphatic carbocycles. The van der Waals surface area contributed by atoms with Crippen LogP contribution >= 0.6 is 24.0 Å².